The Morgan fingerprint density at radius 3 is 2.04 bits per heavy atom. The summed E-state index contributed by atoms with van der Waals surface area (Å²) in [6, 6.07) is 13.3. The molecule has 0 aliphatic heterocycles. The molecule has 0 saturated heterocycles. The second kappa shape index (κ2) is 14.3. The number of aromatic nitrogens is 1. The van der Waals surface area contributed by atoms with Gasteiger partial charge in [-0.2, -0.15) is 0 Å². The van der Waals surface area contributed by atoms with Crippen LogP contribution in [0.2, 0.25) is 0 Å². The van der Waals surface area contributed by atoms with Crippen LogP contribution in [0.15, 0.2) is 57.9 Å². The Bertz CT molecular complexity index is 1940. The van der Waals surface area contributed by atoms with Crippen LogP contribution in [-0.4, -0.2) is 52.0 Å². The van der Waals surface area contributed by atoms with Gasteiger partial charge in [0.2, 0.25) is 0 Å². The fraction of sp³-hybridized carbons (Fsp3) is 0.378. The van der Waals surface area contributed by atoms with Crippen molar-refractivity contribution < 1.29 is 37.6 Å². The van der Waals surface area contributed by atoms with Gasteiger partial charge in [0.1, 0.15) is 11.1 Å². The van der Waals surface area contributed by atoms with Crippen LogP contribution in [0.5, 0.6) is 34.5 Å². The molecule has 10 nitrogen and oxygen atoms in total. The van der Waals surface area contributed by atoms with Gasteiger partial charge < -0.3 is 42.1 Å². The lowest BCUT2D eigenvalue weighted by atomic mass is 9.97. The normalized spacial score (nSPS) is 11.5. The van der Waals surface area contributed by atoms with Gasteiger partial charge in [0, 0.05) is 42.3 Å². The lowest BCUT2D eigenvalue weighted by Gasteiger charge is -2.15. The van der Waals surface area contributed by atoms with Crippen LogP contribution in [0.3, 0.4) is 0 Å². The molecule has 2 aromatic heterocycles. The van der Waals surface area contributed by atoms with E-state index >= 15 is 0 Å². The molecule has 5 aromatic rings. The Hall–Kier alpha value is -4.83. The first-order valence-electron chi connectivity index (χ1n) is 15.6. The minimum absolute atomic E-state index is 0.0121. The predicted molar refractivity (Wildman–Crippen MR) is 182 cm³/mol. The summed E-state index contributed by atoms with van der Waals surface area (Å²) in [7, 11) is 6.37. The Morgan fingerprint density at radius 2 is 1.40 bits per heavy atom. The fourth-order valence-corrected chi connectivity index (χ4v) is 5.72. The molecular formula is C37H43NO9. The zero-order chi connectivity index (χ0) is 33.8. The monoisotopic (exact) mass is 645 g/mol. The van der Waals surface area contributed by atoms with Crippen LogP contribution >= 0.6 is 0 Å². The molecule has 10 heteroatoms. The van der Waals surface area contributed by atoms with Gasteiger partial charge in [-0.25, -0.2) is 4.79 Å². The summed E-state index contributed by atoms with van der Waals surface area (Å²) in [6.45, 7) is 10.3. The summed E-state index contributed by atoms with van der Waals surface area (Å²) in [5.41, 5.74) is 4.04. The van der Waals surface area contributed by atoms with Crippen LogP contribution in [0.1, 0.15) is 38.8 Å². The molecule has 0 N–H and O–H groups in total. The summed E-state index contributed by atoms with van der Waals surface area (Å²) in [5.74, 6) is 3.46. The summed E-state index contributed by atoms with van der Waals surface area (Å²) in [6.07, 6.45) is 2.50. The third kappa shape index (κ3) is 6.97. The Kier molecular flexibility index (Phi) is 10.2. The van der Waals surface area contributed by atoms with Gasteiger partial charge in [-0.15, -0.1) is 0 Å². The van der Waals surface area contributed by atoms with Crippen LogP contribution in [0, 0.1) is 6.92 Å². The van der Waals surface area contributed by atoms with E-state index in [0.717, 1.165) is 27.6 Å². The predicted octanol–water partition coefficient (Wildman–Crippen LogP) is 7.55. The van der Waals surface area contributed by atoms with Crippen molar-refractivity contribution >= 4 is 21.9 Å². The molecule has 0 amide bonds. The Labute approximate surface area is 274 Å². The molecule has 2 heterocycles. The van der Waals surface area contributed by atoms with Gasteiger partial charge in [-0.3, -0.25) is 0 Å². The standard InChI is InChI=1S/C37H43NO9/c1-21(2)45-33-15-24(10-11-28(33)41-7)12-13-38-19-27(25-16-32(44-20-40-6)30(42-8)14-23(25)5)35-26-17-31(43-9)34(46-22(3)4)18-29(26)47-37(39)36(35)38/h10-11,14-19,21-22H,12-13,20H2,1-9H3. The topological polar surface area (TPSA) is 99.8 Å². The molecule has 250 valence electrons. The second-order valence-corrected chi connectivity index (χ2v) is 11.8. The largest absolute Gasteiger partial charge is 0.493 e. The quantitative estimate of drug-likeness (QED) is 0.0895. The number of fused-ring (bicyclic) bond motifs is 3. The van der Waals surface area contributed by atoms with Crippen molar-refractivity contribution in [3.63, 3.8) is 0 Å². The van der Waals surface area contributed by atoms with Gasteiger partial charge in [-0.05, 0) is 88.1 Å². The number of hydrogen-bond acceptors (Lipinski definition) is 9. The Morgan fingerprint density at radius 1 is 0.745 bits per heavy atom. The van der Waals surface area contributed by atoms with Crippen molar-refractivity contribution in [2.75, 3.05) is 35.2 Å². The van der Waals surface area contributed by atoms with Crippen molar-refractivity contribution in [2.24, 2.45) is 0 Å². The van der Waals surface area contributed by atoms with E-state index in [2.05, 4.69) is 0 Å². The average molecular weight is 646 g/mol. The van der Waals surface area contributed by atoms with E-state index in [1.165, 1.54) is 0 Å². The number of ether oxygens (including phenoxy) is 7. The van der Waals surface area contributed by atoms with E-state index < -0.39 is 5.63 Å². The van der Waals surface area contributed by atoms with E-state index in [-0.39, 0.29) is 19.0 Å². The molecule has 0 aliphatic carbocycles. The summed E-state index contributed by atoms with van der Waals surface area (Å²) >= 11 is 0. The second-order valence-electron chi connectivity index (χ2n) is 11.8. The number of aryl methyl sites for hydroxylation is 3. The van der Waals surface area contributed by atoms with Crippen LogP contribution in [-0.2, 0) is 17.7 Å². The maximum atomic E-state index is 13.9. The molecule has 47 heavy (non-hydrogen) atoms. The minimum Gasteiger partial charge on any atom is -0.493 e. The summed E-state index contributed by atoms with van der Waals surface area (Å²) in [5, 5.41) is 1.45. The highest BCUT2D eigenvalue weighted by Crippen LogP contribution is 2.43. The molecule has 5 rings (SSSR count). The average Bonchev–Trinajstić information content (AvgIpc) is 3.42. The maximum absolute atomic E-state index is 13.9. The van der Waals surface area contributed by atoms with Gasteiger partial charge in [0.25, 0.3) is 0 Å². The highest BCUT2D eigenvalue weighted by Gasteiger charge is 2.23. The van der Waals surface area contributed by atoms with Crippen molar-refractivity contribution in [3.8, 4) is 45.6 Å². The van der Waals surface area contributed by atoms with Gasteiger partial charge in [0.15, 0.2) is 41.3 Å². The molecule has 0 aliphatic rings. The highest BCUT2D eigenvalue weighted by molar-refractivity contribution is 6.12. The molecule has 0 spiro atoms. The molecule has 0 bridgehead atoms. The highest BCUT2D eigenvalue weighted by atomic mass is 16.7. The first-order chi connectivity index (χ1) is 22.6. The molecular weight excluding hydrogens is 602 g/mol. The number of hydrogen-bond donors (Lipinski definition) is 0. The van der Waals surface area contributed by atoms with Crippen LogP contribution in [0.25, 0.3) is 33.0 Å². The SMILES string of the molecule is COCOc1cc(-c2cn(CCc3ccc(OC)c(OC(C)C)c3)c3c(=O)oc4cc(OC(C)C)c(OC)cc4c23)c(C)cc1OC. The van der Waals surface area contributed by atoms with E-state index in [4.69, 9.17) is 37.6 Å². The smallest absolute Gasteiger partial charge is 0.361 e. The van der Waals surface area contributed by atoms with E-state index in [9.17, 15) is 4.79 Å². The molecule has 3 aromatic carbocycles. The number of rotatable bonds is 14. The zero-order valence-electron chi connectivity index (χ0n) is 28.5. The van der Waals surface area contributed by atoms with Crippen LogP contribution < -0.4 is 34.0 Å². The molecule has 0 fully saturated rings. The lowest BCUT2D eigenvalue weighted by Crippen LogP contribution is -2.10. The Balaban J connectivity index is 1.73. The third-order valence-corrected chi connectivity index (χ3v) is 7.74. The third-order valence-electron chi connectivity index (χ3n) is 7.74. The van der Waals surface area contributed by atoms with E-state index in [0.29, 0.717) is 63.9 Å². The molecule has 0 unspecified atom stereocenters. The van der Waals surface area contributed by atoms with Crippen molar-refractivity contribution in [1.29, 1.82) is 0 Å². The van der Waals surface area contributed by atoms with Crippen molar-refractivity contribution in [3.05, 3.63) is 70.2 Å². The molecule has 0 radical (unpaired) electrons. The first kappa shape index (κ1) is 33.5. The summed E-state index contributed by atoms with van der Waals surface area (Å²) < 4.78 is 47.8. The lowest BCUT2D eigenvalue weighted by molar-refractivity contribution is 0.0492. The van der Waals surface area contributed by atoms with Crippen LogP contribution in [0.4, 0.5) is 0 Å². The fourth-order valence-electron chi connectivity index (χ4n) is 5.72. The maximum Gasteiger partial charge on any atom is 0.361 e. The van der Waals surface area contributed by atoms with E-state index in [1.54, 1.807) is 34.5 Å². The van der Waals surface area contributed by atoms with Gasteiger partial charge in [-0.1, -0.05) is 6.07 Å². The van der Waals surface area contributed by atoms with Crippen molar-refractivity contribution in [2.45, 2.75) is 59.8 Å². The minimum atomic E-state index is -0.458. The van der Waals surface area contributed by atoms with Gasteiger partial charge >= 0.3 is 5.63 Å². The first-order valence-corrected chi connectivity index (χ1v) is 15.6. The zero-order valence-corrected chi connectivity index (χ0v) is 28.5. The molecule has 0 atom stereocenters. The number of benzene rings is 3. The number of methoxy groups -OCH3 is 4. The van der Waals surface area contributed by atoms with E-state index in [1.807, 2.05) is 81.8 Å². The van der Waals surface area contributed by atoms with Crippen molar-refractivity contribution in [1.82, 2.24) is 4.57 Å². The number of nitrogens with zero attached hydrogens (tertiary/aromatic N) is 1. The van der Waals surface area contributed by atoms with Gasteiger partial charge in [0.05, 0.1) is 33.5 Å². The summed E-state index contributed by atoms with van der Waals surface area (Å²) in [4.78, 5) is 13.9. The molecule has 0 saturated carbocycles.